The highest BCUT2D eigenvalue weighted by Crippen LogP contribution is 2.25. The van der Waals surface area contributed by atoms with Gasteiger partial charge in [0.05, 0.1) is 7.11 Å². The van der Waals surface area contributed by atoms with Crippen LogP contribution in [0.3, 0.4) is 0 Å². The number of benzene rings is 3. The summed E-state index contributed by atoms with van der Waals surface area (Å²) in [4.78, 5) is 12.6. The highest BCUT2D eigenvalue weighted by Gasteiger charge is 2.12. The summed E-state index contributed by atoms with van der Waals surface area (Å²) < 4.78 is 5.11. The zero-order valence-corrected chi connectivity index (χ0v) is 17.7. The van der Waals surface area contributed by atoms with Crippen LogP contribution >= 0.6 is 23.2 Å². The minimum Gasteiger partial charge on any atom is -0.497 e. The topological polar surface area (TPSA) is 62.1 Å². The van der Waals surface area contributed by atoms with E-state index in [0.29, 0.717) is 33.5 Å². The molecule has 1 amide bonds. The Labute approximate surface area is 185 Å². The van der Waals surface area contributed by atoms with Crippen molar-refractivity contribution in [1.29, 1.82) is 5.26 Å². The number of rotatable bonds is 6. The second-order valence-corrected chi connectivity index (χ2v) is 7.31. The van der Waals surface area contributed by atoms with Crippen LogP contribution in [0, 0.1) is 11.3 Å². The monoisotopic (exact) mass is 436 g/mol. The van der Waals surface area contributed by atoms with Crippen LogP contribution in [0.4, 0.5) is 5.69 Å². The molecule has 3 aromatic carbocycles. The molecule has 0 aliphatic heterocycles. The maximum Gasteiger partial charge on any atom is 0.266 e. The van der Waals surface area contributed by atoms with E-state index in [1.165, 1.54) is 6.08 Å². The van der Waals surface area contributed by atoms with Crippen molar-refractivity contribution in [2.24, 2.45) is 0 Å². The Balaban J connectivity index is 1.89. The van der Waals surface area contributed by atoms with E-state index in [-0.39, 0.29) is 5.57 Å². The number of nitrogens with zero attached hydrogens (tertiary/aromatic N) is 1. The number of nitriles is 1. The number of hydrogen-bond donors (Lipinski definition) is 1. The van der Waals surface area contributed by atoms with Gasteiger partial charge in [0.15, 0.2) is 0 Å². The minimum atomic E-state index is -0.508. The quantitative estimate of drug-likeness (QED) is 0.372. The molecule has 0 saturated carbocycles. The molecular weight excluding hydrogens is 419 g/mol. The van der Waals surface area contributed by atoms with Gasteiger partial charge in [-0.05, 0) is 71.7 Å². The first kappa shape index (κ1) is 21.4. The van der Waals surface area contributed by atoms with E-state index in [1.54, 1.807) is 43.5 Å². The molecule has 3 rings (SSSR count). The van der Waals surface area contributed by atoms with Gasteiger partial charge in [0.1, 0.15) is 17.4 Å². The maximum atomic E-state index is 12.6. The average molecular weight is 437 g/mol. The predicted octanol–water partition coefficient (Wildman–Crippen LogP) is 6.14. The van der Waals surface area contributed by atoms with Crippen molar-refractivity contribution in [2.75, 3.05) is 12.4 Å². The van der Waals surface area contributed by atoms with E-state index in [0.717, 1.165) is 11.1 Å². The highest BCUT2D eigenvalue weighted by molar-refractivity contribution is 6.31. The number of amides is 1. The van der Waals surface area contributed by atoms with Crippen molar-refractivity contribution in [3.05, 3.63) is 99.0 Å². The Morgan fingerprint density at radius 1 is 1.07 bits per heavy atom. The lowest BCUT2D eigenvalue weighted by molar-refractivity contribution is -0.112. The van der Waals surface area contributed by atoms with Gasteiger partial charge in [-0.25, -0.2) is 0 Å². The number of anilines is 1. The third-order valence-corrected chi connectivity index (χ3v) is 5.06. The van der Waals surface area contributed by atoms with Crippen LogP contribution in [0.2, 0.25) is 10.0 Å². The number of methoxy groups -OCH3 is 1. The van der Waals surface area contributed by atoms with E-state index in [4.69, 9.17) is 27.9 Å². The van der Waals surface area contributed by atoms with Crippen LogP contribution in [0.1, 0.15) is 16.7 Å². The lowest BCUT2D eigenvalue weighted by Gasteiger charge is -2.10. The van der Waals surface area contributed by atoms with E-state index in [1.807, 2.05) is 36.4 Å². The molecule has 4 nitrogen and oxygen atoms in total. The fourth-order valence-electron chi connectivity index (χ4n) is 2.88. The Morgan fingerprint density at radius 3 is 2.47 bits per heavy atom. The normalized spacial score (nSPS) is 10.9. The molecule has 0 atom stereocenters. The van der Waals surface area contributed by atoms with Crippen LogP contribution in [-0.2, 0) is 11.2 Å². The Hall–Kier alpha value is -3.26. The molecule has 150 valence electrons. The van der Waals surface area contributed by atoms with Gasteiger partial charge >= 0.3 is 0 Å². The van der Waals surface area contributed by atoms with Gasteiger partial charge in [-0.3, -0.25) is 4.79 Å². The Kier molecular flexibility index (Phi) is 7.13. The molecule has 1 N–H and O–H groups in total. The molecule has 0 heterocycles. The van der Waals surface area contributed by atoms with Gasteiger partial charge in [-0.2, -0.15) is 5.26 Å². The molecule has 0 unspecified atom stereocenters. The Bertz CT molecular complexity index is 1130. The highest BCUT2D eigenvalue weighted by atomic mass is 35.5. The SMILES string of the molecule is COc1ccc(NC(=O)/C(C#N)=C/c2cc(Cl)ccc2Cc2ccccc2Cl)cc1. The molecule has 6 heteroatoms. The minimum absolute atomic E-state index is 0.0338. The molecule has 0 bridgehead atoms. The van der Waals surface area contributed by atoms with Crippen molar-refractivity contribution in [3.63, 3.8) is 0 Å². The molecular formula is C24H18Cl2N2O2. The van der Waals surface area contributed by atoms with Crippen LogP contribution in [0.5, 0.6) is 5.75 Å². The largest absolute Gasteiger partial charge is 0.497 e. The first-order valence-corrected chi connectivity index (χ1v) is 9.85. The second kappa shape index (κ2) is 9.98. The third kappa shape index (κ3) is 5.42. The molecule has 0 fully saturated rings. The summed E-state index contributed by atoms with van der Waals surface area (Å²) in [5, 5.41) is 13.4. The predicted molar refractivity (Wildman–Crippen MR) is 121 cm³/mol. The second-order valence-electron chi connectivity index (χ2n) is 6.46. The number of carbonyl (C=O) groups is 1. The lowest BCUT2D eigenvalue weighted by Crippen LogP contribution is -2.13. The van der Waals surface area contributed by atoms with Crippen molar-refractivity contribution >= 4 is 40.9 Å². The number of hydrogen-bond acceptors (Lipinski definition) is 3. The first-order chi connectivity index (χ1) is 14.5. The van der Waals surface area contributed by atoms with Crippen LogP contribution in [0.15, 0.2) is 72.3 Å². The van der Waals surface area contributed by atoms with E-state index in [2.05, 4.69) is 5.32 Å². The average Bonchev–Trinajstić information content (AvgIpc) is 2.75. The van der Waals surface area contributed by atoms with Crippen LogP contribution in [-0.4, -0.2) is 13.0 Å². The lowest BCUT2D eigenvalue weighted by atomic mass is 9.98. The molecule has 30 heavy (non-hydrogen) atoms. The standard InChI is InChI=1S/C24H18Cl2N2O2/c1-30-22-10-8-21(9-11-22)28-24(29)19(15-27)13-18-14-20(25)7-6-16(18)12-17-4-2-3-5-23(17)26/h2-11,13-14H,12H2,1H3,(H,28,29)/b19-13+. The summed E-state index contributed by atoms with van der Waals surface area (Å²) in [5.74, 6) is 0.165. The molecule has 0 spiro atoms. The van der Waals surface area contributed by atoms with Crippen LogP contribution in [0.25, 0.3) is 6.08 Å². The number of carbonyl (C=O) groups excluding carboxylic acids is 1. The van der Waals surface area contributed by atoms with Gasteiger partial charge in [-0.15, -0.1) is 0 Å². The summed E-state index contributed by atoms with van der Waals surface area (Å²) in [7, 11) is 1.56. The summed E-state index contributed by atoms with van der Waals surface area (Å²) in [6, 6.07) is 21.7. The van der Waals surface area contributed by atoms with Crippen molar-refractivity contribution in [1.82, 2.24) is 0 Å². The van der Waals surface area contributed by atoms with Gasteiger partial charge < -0.3 is 10.1 Å². The van der Waals surface area contributed by atoms with Gasteiger partial charge in [0.25, 0.3) is 5.91 Å². The maximum absolute atomic E-state index is 12.6. The Morgan fingerprint density at radius 2 is 1.80 bits per heavy atom. The van der Waals surface area contributed by atoms with Crippen molar-refractivity contribution in [3.8, 4) is 11.8 Å². The van der Waals surface area contributed by atoms with Gasteiger partial charge in [0.2, 0.25) is 0 Å². The molecule has 0 aliphatic rings. The fourth-order valence-corrected chi connectivity index (χ4v) is 3.27. The third-order valence-electron chi connectivity index (χ3n) is 4.46. The first-order valence-electron chi connectivity index (χ1n) is 9.09. The smallest absolute Gasteiger partial charge is 0.266 e. The van der Waals surface area contributed by atoms with E-state index < -0.39 is 5.91 Å². The van der Waals surface area contributed by atoms with Gasteiger partial charge in [0, 0.05) is 15.7 Å². The zero-order valence-electron chi connectivity index (χ0n) is 16.2. The molecule has 0 aliphatic carbocycles. The molecule has 0 radical (unpaired) electrons. The van der Waals surface area contributed by atoms with Crippen LogP contribution < -0.4 is 10.1 Å². The van der Waals surface area contributed by atoms with Crippen molar-refractivity contribution < 1.29 is 9.53 Å². The number of nitrogens with one attached hydrogen (secondary N) is 1. The fraction of sp³-hybridized carbons (Fsp3) is 0.0833. The summed E-state index contributed by atoms with van der Waals surface area (Å²) >= 11 is 12.5. The molecule has 0 saturated heterocycles. The number of halogens is 2. The van der Waals surface area contributed by atoms with Crippen molar-refractivity contribution in [2.45, 2.75) is 6.42 Å². The molecule has 0 aromatic heterocycles. The number of ether oxygens (including phenoxy) is 1. The summed E-state index contributed by atoms with van der Waals surface area (Å²) in [5.41, 5.74) is 3.05. The van der Waals surface area contributed by atoms with E-state index in [9.17, 15) is 10.1 Å². The summed E-state index contributed by atoms with van der Waals surface area (Å²) in [6.07, 6.45) is 2.08. The molecule has 3 aromatic rings. The summed E-state index contributed by atoms with van der Waals surface area (Å²) in [6.45, 7) is 0. The van der Waals surface area contributed by atoms with Gasteiger partial charge in [-0.1, -0.05) is 47.5 Å². The van der Waals surface area contributed by atoms with E-state index >= 15 is 0 Å². The zero-order chi connectivity index (χ0) is 21.5.